The number of methoxy groups -OCH3 is 1. The number of thioether (sulfide) groups is 1. The highest BCUT2D eigenvalue weighted by molar-refractivity contribution is 8.00. The number of amides is 1. The lowest BCUT2D eigenvalue weighted by atomic mass is 10.2. The number of hydrogen-bond acceptors (Lipinski definition) is 5. The van der Waals surface area contributed by atoms with Crippen molar-refractivity contribution in [2.24, 2.45) is 0 Å². The molecule has 0 N–H and O–H groups in total. The molecule has 5 nitrogen and oxygen atoms in total. The minimum absolute atomic E-state index is 0.00692. The molecule has 0 bridgehead atoms. The third kappa shape index (κ3) is 4.63. The number of hydrogen-bond donors (Lipinski definition) is 0. The number of nitrogens with zero attached hydrogens (tertiary/aromatic N) is 1. The van der Waals surface area contributed by atoms with Crippen LogP contribution < -0.4 is 0 Å². The molecule has 1 aromatic carbocycles. The van der Waals surface area contributed by atoms with Gasteiger partial charge in [-0.05, 0) is 25.1 Å². The van der Waals surface area contributed by atoms with Crippen molar-refractivity contribution >= 4 is 23.6 Å². The Morgan fingerprint density at radius 1 is 1.26 bits per heavy atom. The van der Waals surface area contributed by atoms with E-state index in [1.54, 1.807) is 24.9 Å². The van der Waals surface area contributed by atoms with E-state index in [0.29, 0.717) is 29.4 Å². The van der Waals surface area contributed by atoms with Gasteiger partial charge in [-0.3, -0.25) is 4.79 Å². The molecule has 0 aliphatic carbocycles. The normalized spacial score (nSPS) is 10.4. The molecule has 0 saturated heterocycles. The van der Waals surface area contributed by atoms with Crippen molar-refractivity contribution < 1.29 is 18.7 Å². The monoisotopic (exact) mass is 333 g/mol. The Morgan fingerprint density at radius 3 is 2.61 bits per heavy atom. The van der Waals surface area contributed by atoms with E-state index in [1.165, 1.54) is 18.9 Å². The van der Waals surface area contributed by atoms with Gasteiger partial charge >= 0.3 is 5.97 Å². The van der Waals surface area contributed by atoms with Crippen LogP contribution in [-0.2, 0) is 16.1 Å². The summed E-state index contributed by atoms with van der Waals surface area (Å²) in [5.74, 6) is 0.956. The Balaban J connectivity index is 1.92. The number of carbonyl (C=O) groups is 2. The van der Waals surface area contributed by atoms with Crippen molar-refractivity contribution in [3.05, 3.63) is 53.5 Å². The fraction of sp³-hybridized carbons (Fsp3) is 0.294. The molecule has 6 heteroatoms. The maximum Gasteiger partial charge on any atom is 0.341 e. The SMILES string of the molecule is COC(=O)c1cc(CN(C)C(=O)CSc2ccccc2)oc1C. The zero-order valence-electron chi connectivity index (χ0n) is 13.4. The van der Waals surface area contributed by atoms with Crippen LogP contribution >= 0.6 is 11.8 Å². The van der Waals surface area contributed by atoms with Gasteiger partial charge in [0.2, 0.25) is 5.91 Å². The molecule has 2 aromatic rings. The maximum atomic E-state index is 12.2. The molecule has 0 atom stereocenters. The molecule has 0 unspecified atom stereocenters. The molecule has 0 fully saturated rings. The lowest BCUT2D eigenvalue weighted by molar-refractivity contribution is -0.127. The number of aryl methyl sites for hydroxylation is 1. The van der Waals surface area contributed by atoms with E-state index < -0.39 is 5.97 Å². The van der Waals surface area contributed by atoms with Crippen molar-refractivity contribution in [2.75, 3.05) is 19.9 Å². The van der Waals surface area contributed by atoms with Gasteiger partial charge in [-0.2, -0.15) is 0 Å². The van der Waals surface area contributed by atoms with Crippen LogP contribution in [0, 0.1) is 6.92 Å². The van der Waals surface area contributed by atoms with Crippen molar-refractivity contribution in [2.45, 2.75) is 18.4 Å². The van der Waals surface area contributed by atoms with E-state index >= 15 is 0 Å². The Bertz CT molecular complexity index is 681. The summed E-state index contributed by atoms with van der Waals surface area (Å²) in [4.78, 5) is 26.4. The van der Waals surface area contributed by atoms with Gasteiger partial charge in [0, 0.05) is 11.9 Å². The minimum atomic E-state index is -0.439. The average molecular weight is 333 g/mol. The van der Waals surface area contributed by atoms with Crippen LogP contribution in [0.3, 0.4) is 0 Å². The summed E-state index contributed by atoms with van der Waals surface area (Å²) in [6.45, 7) is 2.01. The Morgan fingerprint density at radius 2 is 1.96 bits per heavy atom. The lowest BCUT2D eigenvalue weighted by Gasteiger charge is -2.15. The number of carbonyl (C=O) groups excluding carboxylic acids is 2. The predicted octanol–water partition coefficient (Wildman–Crippen LogP) is 3.13. The molecule has 23 heavy (non-hydrogen) atoms. The van der Waals surface area contributed by atoms with Gasteiger partial charge in [-0.1, -0.05) is 18.2 Å². The number of esters is 1. The second-order valence-corrected chi connectivity index (χ2v) is 6.07. The fourth-order valence-electron chi connectivity index (χ4n) is 2.03. The summed E-state index contributed by atoms with van der Waals surface area (Å²) in [6, 6.07) is 11.4. The van der Waals surface area contributed by atoms with Gasteiger partial charge in [-0.25, -0.2) is 4.79 Å². The van der Waals surface area contributed by atoms with E-state index in [0.717, 1.165) is 4.90 Å². The van der Waals surface area contributed by atoms with Crippen molar-refractivity contribution in [1.82, 2.24) is 4.90 Å². The summed E-state index contributed by atoms with van der Waals surface area (Å²) in [5.41, 5.74) is 0.391. The molecule has 0 aliphatic heterocycles. The Labute approximate surface area is 139 Å². The van der Waals surface area contributed by atoms with Gasteiger partial charge in [-0.15, -0.1) is 11.8 Å². The molecule has 0 spiro atoms. The first-order valence-corrected chi connectivity index (χ1v) is 8.09. The summed E-state index contributed by atoms with van der Waals surface area (Å²) < 4.78 is 10.2. The third-order valence-electron chi connectivity index (χ3n) is 3.30. The molecule has 1 heterocycles. The quantitative estimate of drug-likeness (QED) is 0.600. The van der Waals surface area contributed by atoms with E-state index in [4.69, 9.17) is 4.42 Å². The molecule has 0 aliphatic rings. The molecular weight excluding hydrogens is 314 g/mol. The highest BCUT2D eigenvalue weighted by Gasteiger charge is 2.18. The van der Waals surface area contributed by atoms with Crippen LogP contribution in [0.1, 0.15) is 21.9 Å². The smallest absolute Gasteiger partial charge is 0.341 e. The van der Waals surface area contributed by atoms with Crippen molar-refractivity contribution in [3.8, 4) is 0 Å². The summed E-state index contributed by atoms with van der Waals surface area (Å²) in [7, 11) is 3.04. The van der Waals surface area contributed by atoms with E-state index in [2.05, 4.69) is 4.74 Å². The van der Waals surface area contributed by atoms with Gasteiger partial charge in [0.25, 0.3) is 0 Å². The first-order valence-electron chi connectivity index (χ1n) is 7.10. The average Bonchev–Trinajstić information content (AvgIpc) is 2.93. The zero-order valence-corrected chi connectivity index (χ0v) is 14.2. The van der Waals surface area contributed by atoms with Crippen LogP contribution in [0.4, 0.5) is 0 Å². The summed E-state index contributed by atoms with van der Waals surface area (Å²) in [6.07, 6.45) is 0. The second kappa shape index (κ2) is 7.87. The van der Waals surface area contributed by atoms with Gasteiger partial charge in [0.1, 0.15) is 17.1 Å². The molecule has 1 aromatic heterocycles. The maximum absolute atomic E-state index is 12.2. The molecule has 1 amide bonds. The van der Waals surface area contributed by atoms with Crippen molar-refractivity contribution in [3.63, 3.8) is 0 Å². The largest absolute Gasteiger partial charge is 0.465 e. The highest BCUT2D eigenvalue weighted by atomic mass is 32.2. The summed E-state index contributed by atoms with van der Waals surface area (Å²) in [5, 5.41) is 0. The Hall–Kier alpha value is -2.21. The summed E-state index contributed by atoms with van der Waals surface area (Å²) >= 11 is 1.49. The zero-order chi connectivity index (χ0) is 16.8. The minimum Gasteiger partial charge on any atom is -0.465 e. The fourth-order valence-corrected chi connectivity index (χ4v) is 2.89. The van der Waals surface area contributed by atoms with Crippen molar-refractivity contribution in [1.29, 1.82) is 0 Å². The van der Waals surface area contributed by atoms with Crippen LogP contribution in [0.2, 0.25) is 0 Å². The number of rotatable bonds is 6. The number of benzene rings is 1. The van der Waals surface area contributed by atoms with Gasteiger partial charge < -0.3 is 14.1 Å². The number of furan rings is 1. The predicted molar refractivity (Wildman–Crippen MR) is 88.4 cm³/mol. The van der Waals surface area contributed by atoms with E-state index in [9.17, 15) is 9.59 Å². The topological polar surface area (TPSA) is 59.8 Å². The molecule has 0 radical (unpaired) electrons. The third-order valence-corrected chi connectivity index (χ3v) is 4.30. The molecule has 0 saturated carbocycles. The standard InChI is InChI=1S/C17H19NO4S/c1-12-15(17(20)21-3)9-13(22-12)10-18(2)16(19)11-23-14-7-5-4-6-8-14/h4-9H,10-11H2,1-3H3. The van der Waals surface area contributed by atoms with Crippen LogP contribution in [0.5, 0.6) is 0 Å². The second-order valence-electron chi connectivity index (χ2n) is 5.03. The molecule has 122 valence electrons. The number of ether oxygens (including phenoxy) is 1. The van der Waals surface area contributed by atoms with Crippen LogP contribution in [-0.4, -0.2) is 36.7 Å². The van der Waals surface area contributed by atoms with E-state index in [-0.39, 0.29) is 5.91 Å². The van der Waals surface area contributed by atoms with Crippen LogP contribution in [0.15, 0.2) is 45.7 Å². The first-order chi connectivity index (χ1) is 11.0. The lowest BCUT2D eigenvalue weighted by Crippen LogP contribution is -2.27. The van der Waals surface area contributed by atoms with Gasteiger partial charge in [0.15, 0.2) is 0 Å². The Kier molecular flexibility index (Phi) is 5.87. The first kappa shape index (κ1) is 17.1. The molecule has 2 rings (SSSR count). The highest BCUT2D eigenvalue weighted by Crippen LogP contribution is 2.19. The van der Waals surface area contributed by atoms with E-state index in [1.807, 2.05) is 30.3 Å². The van der Waals surface area contributed by atoms with Gasteiger partial charge in [0.05, 0.1) is 19.4 Å². The van der Waals surface area contributed by atoms with Crippen LogP contribution in [0.25, 0.3) is 0 Å². The molecular formula is C17H19NO4S.